The van der Waals surface area contributed by atoms with Crippen LogP contribution < -0.4 is 4.74 Å². The second-order valence-electron chi connectivity index (χ2n) is 5.02. The fraction of sp³-hybridized carbons (Fsp3) is 0.294. The van der Waals surface area contributed by atoms with Gasteiger partial charge in [-0.25, -0.2) is 0 Å². The minimum atomic E-state index is -3.47. The molecule has 0 bridgehead atoms. The van der Waals surface area contributed by atoms with Crippen LogP contribution in [-0.2, 0) is 14.3 Å². The Hall–Kier alpha value is -1.85. The van der Waals surface area contributed by atoms with Crippen LogP contribution in [0, 0.1) is 6.92 Å². The van der Waals surface area contributed by atoms with Crippen molar-refractivity contribution in [3.8, 4) is 5.75 Å². The molecule has 0 amide bonds. The van der Waals surface area contributed by atoms with E-state index in [4.69, 9.17) is 10.3 Å². The summed E-state index contributed by atoms with van der Waals surface area (Å²) in [4.78, 5) is 0. The van der Waals surface area contributed by atoms with Gasteiger partial charge in [-0.3, -0.25) is 4.18 Å². The highest BCUT2D eigenvalue weighted by Gasteiger charge is 2.15. The highest BCUT2D eigenvalue weighted by Crippen LogP contribution is 2.27. The summed E-state index contributed by atoms with van der Waals surface area (Å²) in [6.07, 6.45) is 1.11. The Bertz CT molecular complexity index is 744. The lowest BCUT2D eigenvalue weighted by molar-refractivity contribution is 0.165. The van der Waals surface area contributed by atoms with Crippen molar-refractivity contribution in [1.29, 1.82) is 0 Å². The first kappa shape index (κ1) is 15.1. The zero-order valence-corrected chi connectivity index (χ0v) is 13.5. The lowest BCUT2D eigenvalue weighted by atomic mass is 10.1. The third kappa shape index (κ3) is 5.16. The number of hydrogen-bond donors (Lipinski definition) is 0. The molecule has 0 saturated carbocycles. The molecule has 0 heterocycles. The highest BCUT2D eigenvalue weighted by atomic mass is 32.2. The molecule has 0 aromatic heterocycles. The molecule has 1 unspecified atom stereocenters. The molecule has 118 valence electrons. The van der Waals surface area contributed by atoms with Crippen molar-refractivity contribution < 1.29 is 18.7 Å². The Balaban J connectivity index is 2.16. The van der Waals surface area contributed by atoms with Gasteiger partial charge in [0.1, 0.15) is 11.9 Å². The first-order chi connectivity index (χ1) is 10.8. The largest absolute Gasteiger partial charge is 0.485 e. The van der Waals surface area contributed by atoms with E-state index in [2.05, 4.69) is 0 Å². The molecule has 0 fully saturated rings. The van der Waals surface area contributed by atoms with Gasteiger partial charge in [0.2, 0.25) is 0 Å². The second-order valence-corrected chi connectivity index (χ2v) is 6.67. The number of aryl methyl sites for hydroxylation is 1. The Morgan fingerprint density at radius 1 is 1.14 bits per heavy atom. The second kappa shape index (κ2) is 7.42. The summed E-state index contributed by atoms with van der Waals surface area (Å²) in [5.41, 5.74) is 1.81. The SMILES string of the molecule is [2H]c1ccc(OC(CCOS(C)(=O)=O)c2ccccc2)c(C)c1. The molecule has 0 saturated heterocycles. The predicted octanol–water partition coefficient (Wildman–Crippen LogP) is 3.48. The van der Waals surface area contributed by atoms with Crippen molar-refractivity contribution in [3.05, 3.63) is 65.7 Å². The van der Waals surface area contributed by atoms with Gasteiger partial charge in [-0.05, 0) is 24.1 Å². The lowest BCUT2D eigenvalue weighted by Crippen LogP contribution is -2.13. The molecule has 2 aromatic carbocycles. The molecular weight excluding hydrogens is 300 g/mol. The first-order valence-electron chi connectivity index (χ1n) is 7.48. The van der Waals surface area contributed by atoms with Crippen LogP contribution in [0.25, 0.3) is 0 Å². The molecule has 0 aliphatic carbocycles. The molecule has 1 atom stereocenters. The topological polar surface area (TPSA) is 52.6 Å². The van der Waals surface area contributed by atoms with Gasteiger partial charge in [0.25, 0.3) is 10.1 Å². The average Bonchev–Trinajstić information content (AvgIpc) is 2.48. The summed E-state index contributed by atoms with van der Waals surface area (Å²) in [7, 11) is -3.47. The van der Waals surface area contributed by atoms with Crippen LogP contribution in [-0.4, -0.2) is 21.3 Å². The van der Waals surface area contributed by atoms with Crippen molar-refractivity contribution in [2.75, 3.05) is 12.9 Å². The summed E-state index contributed by atoms with van der Waals surface area (Å²) < 4.78 is 40.7. The molecular formula is C17H20O4S. The normalized spacial score (nSPS) is 13.5. The average molecular weight is 321 g/mol. The summed E-state index contributed by atoms with van der Waals surface area (Å²) >= 11 is 0. The van der Waals surface area contributed by atoms with Crippen LogP contribution >= 0.6 is 0 Å². The summed E-state index contributed by atoms with van der Waals surface area (Å²) in [5, 5.41) is 0. The van der Waals surface area contributed by atoms with Gasteiger partial charge in [0.15, 0.2) is 0 Å². The van der Waals surface area contributed by atoms with E-state index in [1.165, 1.54) is 0 Å². The molecule has 2 rings (SSSR count). The van der Waals surface area contributed by atoms with Crippen LogP contribution in [0.5, 0.6) is 5.75 Å². The Kier molecular flexibility index (Phi) is 5.08. The van der Waals surface area contributed by atoms with E-state index >= 15 is 0 Å². The van der Waals surface area contributed by atoms with Gasteiger partial charge < -0.3 is 4.74 Å². The van der Waals surface area contributed by atoms with Gasteiger partial charge in [0.05, 0.1) is 14.2 Å². The van der Waals surface area contributed by atoms with Crippen molar-refractivity contribution in [2.45, 2.75) is 19.4 Å². The van der Waals surface area contributed by atoms with E-state index in [9.17, 15) is 8.42 Å². The number of ether oxygens (including phenoxy) is 1. The van der Waals surface area contributed by atoms with Crippen LogP contribution in [0.4, 0.5) is 0 Å². The maximum Gasteiger partial charge on any atom is 0.264 e. The van der Waals surface area contributed by atoms with E-state index in [-0.39, 0.29) is 12.7 Å². The predicted molar refractivity (Wildman–Crippen MR) is 86.4 cm³/mol. The first-order valence-corrected chi connectivity index (χ1v) is 8.80. The van der Waals surface area contributed by atoms with Crippen LogP contribution in [0.2, 0.25) is 0 Å². The number of benzene rings is 2. The molecule has 22 heavy (non-hydrogen) atoms. The third-order valence-electron chi connectivity index (χ3n) is 3.14. The van der Waals surface area contributed by atoms with Gasteiger partial charge in [-0.15, -0.1) is 0 Å². The van der Waals surface area contributed by atoms with E-state index < -0.39 is 10.1 Å². The van der Waals surface area contributed by atoms with E-state index in [0.29, 0.717) is 18.2 Å². The smallest absolute Gasteiger partial charge is 0.264 e. The monoisotopic (exact) mass is 321 g/mol. The van der Waals surface area contributed by atoms with Gasteiger partial charge in [0, 0.05) is 6.42 Å². The standard InChI is InChI=1S/C17H20O4S/c1-14-8-6-7-11-16(14)21-17(12-13-20-22(2,18)19)15-9-4-3-5-10-15/h3-11,17H,12-13H2,1-2H3/i6D. The van der Waals surface area contributed by atoms with Crippen LogP contribution in [0.15, 0.2) is 54.6 Å². The minimum absolute atomic E-state index is 0.0496. The maximum atomic E-state index is 11.1. The van der Waals surface area contributed by atoms with Crippen LogP contribution in [0.3, 0.4) is 0 Å². The fourth-order valence-corrected chi connectivity index (χ4v) is 2.45. The Morgan fingerprint density at radius 2 is 1.86 bits per heavy atom. The lowest BCUT2D eigenvalue weighted by Gasteiger charge is -2.20. The van der Waals surface area contributed by atoms with Gasteiger partial charge in [-0.1, -0.05) is 48.5 Å². The summed E-state index contributed by atoms with van der Waals surface area (Å²) in [6, 6.07) is 15.1. The van der Waals surface area contributed by atoms with Crippen molar-refractivity contribution in [2.24, 2.45) is 0 Å². The molecule has 5 heteroatoms. The Morgan fingerprint density at radius 3 is 2.50 bits per heavy atom. The van der Waals surface area contributed by atoms with Gasteiger partial charge in [-0.2, -0.15) is 8.42 Å². The molecule has 0 radical (unpaired) electrons. The molecule has 0 aliphatic heterocycles. The summed E-state index contributed by atoms with van der Waals surface area (Å²) in [6.45, 7) is 1.93. The zero-order valence-electron chi connectivity index (χ0n) is 13.7. The number of para-hydroxylation sites is 1. The quantitative estimate of drug-likeness (QED) is 0.733. The molecule has 0 spiro atoms. The van der Waals surface area contributed by atoms with Crippen LogP contribution in [0.1, 0.15) is 25.0 Å². The third-order valence-corrected chi connectivity index (χ3v) is 3.73. The zero-order chi connectivity index (χ0) is 16.9. The fourth-order valence-electron chi connectivity index (χ4n) is 2.05. The molecule has 4 nitrogen and oxygen atoms in total. The maximum absolute atomic E-state index is 11.1. The molecule has 0 aliphatic rings. The van der Waals surface area contributed by atoms with Crippen molar-refractivity contribution in [3.63, 3.8) is 0 Å². The van der Waals surface area contributed by atoms with E-state index in [1.54, 1.807) is 18.2 Å². The van der Waals surface area contributed by atoms with Crippen molar-refractivity contribution >= 4 is 10.1 Å². The van der Waals surface area contributed by atoms with Crippen molar-refractivity contribution in [1.82, 2.24) is 0 Å². The Labute approximate surface area is 133 Å². The molecule has 2 aromatic rings. The van der Waals surface area contributed by atoms with E-state index in [0.717, 1.165) is 17.4 Å². The molecule has 0 N–H and O–H groups in total. The highest BCUT2D eigenvalue weighted by molar-refractivity contribution is 7.85. The number of rotatable bonds is 7. The minimum Gasteiger partial charge on any atom is -0.485 e. The van der Waals surface area contributed by atoms with E-state index in [1.807, 2.05) is 37.3 Å². The number of hydrogen-bond acceptors (Lipinski definition) is 4. The van der Waals surface area contributed by atoms with Gasteiger partial charge >= 0.3 is 0 Å². The summed E-state index contributed by atoms with van der Waals surface area (Å²) in [5.74, 6) is 0.675.